The van der Waals surface area contributed by atoms with Gasteiger partial charge < -0.3 is 9.64 Å². The number of aromatic nitrogens is 2. The summed E-state index contributed by atoms with van der Waals surface area (Å²) < 4.78 is 6.76. The predicted molar refractivity (Wildman–Crippen MR) is 66.8 cm³/mol. The van der Waals surface area contributed by atoms with Crippen LogP contribution in [0.1, 0.15) is 12.6 Å². The average Bonchev–Trinajstić information content (AvgIpc) is 2.75. The van der Waals surface area contributed by atoms with Crippen molar-refractivity contribution in [2.24, 2.45) is 7.05 Å². The quantitative estimate of drug-likeness (QED) is 0.587. The molecule has 0 N–H and O–H groups in total. The highest BCUT2D eigenvalue weighted by atomic mass is 16.6. The lowest BCUT2D eigenvalue weighted by molar-refractivity contribution is -0.384. The van der Waals surface area contributed by atoms with E-state index < -0.39 is 11.0 Å². The Hall–Kier alpha value is -2.14. The van der Waals surface area contributed by atoms with E-state index in [-0.39, 0.29) is 5.69 Å². The Morgan fingerprint density at radius 1 is 1.68 bits per heavy atom. The number of rotatable bonds is 3. The summed E-state index contributed by atoms with van der Waals surface area (Å²) in [5.41, 5.74) is 0.492. The Balaban J connectivity index is 2.41. The third kappa shape index (κ3) is 2.37. The lowest BCUT2D eigenvalue weighted by Crippen LogP contribution is -2.42. The van der Waals surface area contributed by atoms with Crippen molar-refractivity contribution in [1.29, 1.82) is 5.26 Å². The molecular weight excluding hydrogens is 250 g/mol. The molecule has 0 spiro atoms. The summed E-state index contributed by atoms with van der Waals surface area (Å²) in [7, 11) is 1.68. The van der Waals surface area contributed by atoms with Crippen LogP contribution in [0.3, 0.4) is 0 Å². The van der Waals surface area contributed by atoms with Gasteiger partial charge >= 0.3 is 5.69 Å². The second-order valence-electron chi connectivity index (χ2n) is 4.29. The second kappa shape index (κ2) is 5.24. The van der Waals surface area contributed by atoms with Crippen molar-refractivity contribution < 1.29 is 9.66 Å². The van der Waals surface area contributed by atoms with E-state index in [1.54, 1.807) is 11.9 Å². The number of aryl methyl sites for hydroxylation is 2. The van der Waals surface area contributed by atoms with E-state index in [0.717, 1.165) is 0 Å². The summed E-state index contributed by atoms with van der Waals surface area (Å²) in [6.45, 7) is 3.04. The fourth-order valence-corrected chi connectivity index (χ4v) is 2.26. The summed E-state index contributed by atoms with van der Waals surface area (Å²) in [5.74, 6) is 0.449. The first-order valence-electron chi connectivity index (χ1n) is 6.04. The number of hydrogen-bond acceptors (Lipinski definition) is 6. The van der Waals surface area contributed by atoms with Gasteiger partial charge in [0, 0.05) is 13.6 Å². The van der Waals surface area contributed by atoms with Crippen LogP contribution in [0.15, 0.2) is 0 Å². The average molecular weight is 265 g/mol. The Morgan fingerprint density at radius 3 is 3.00 bits per heavy atom. The van der Waals surface area contributed by atoms with Gasteiger partial charge in [-0.2, -0.15) is 10.4 Å². The van der Waals surface area contributed by atoms with Gasteiger partial charge in [-0.05, 0) is 6.42 Å². The number of nitriles is 1. The molecule has 1 saturated heterocycles. The van der Waals surface area contributed by atoms with E-state index in [9.17, 15) is 10.1 Å². The smallest absolute Gasteiger partial charge is 0.334 e. The maximum atomic E-state index is 11.2. The Labute approximate surface area is 110 Å². The van der Waals surface area contributed by atoms with Crippen LogP contribution in [0.25, 0.3) is 0 Å². The van der Waals surface area contributed by atoms with Gasteiger partial charge in [0.05, 0.1) is 24.1 Å². The molecule has 1 unspecified atom stereocenters. The van der Waals surface area contributed by atoms with E-state index in [4.69, 9.17) is 10.00 Å². The van der Waals surface area contributed by atoms with Gasteiger partial charge in [0.2, 0.25) is 5.82 Å². The van der Waals surface area contributed by atoms with Crippen LogP contribution >= 0.6 is 0 Å². The number of nitro groups is 1. The van der Waals surface area contributed by atoms with Gasteiger partial charge in [-0.15, -0.1) is 0 Å². The molecule has 2 heterocycles. The van der Waals surface area contributed by atoms with Crippen molar-refractivity contribution in [3.05, 3.63) is 15.8 Å². The van der Waals surface area contributed by atoms with Gasteiger partial charge in [-0.3, -0.25) is 10.1 Å². The van der Waals surface area contributed by atoms with Crippen LogP contribution in [-0.4, -0.2) is 40.5 Å². The van der Waals surface area contributed by atoms with E-state index in [0.29, 0.717) is 37.6 Å². The zero-order chi connectivity index (χ0) is 14.0. The first-order chi connectivity index (χ1) is 9.08. The standard InChI is InChI=1S/C11H15N5O3/c1-3-9-10(16(17)18)11(14(2)13-9)15-4-5-19-8(6-12)7-15/h8H,3-5,7H2,1-2H3. The number of nitrogens with zero attached hydrogens (tertiary/aromatic N) is 5. The molecule has 1 atom stereocenters. The minimum atomic E-state index is -0.562. The lowest BCUT2D eigenvalue weighted by Gasteiger charge is -2.30. The highest BCUT2D eigenvalue weighted by Crippen LogP contribution is 2.32. The SMILES string of the molecule is CCc1nn(C)c(N2CCOC(C#N)C2)c1[N+](=O)[O-]. The first-order valence-corrected chi connectivity index (χ1v) is 6.04. The second-order valence-corrected chi connectivity index (χ2v) is 4.29. The Bertz CT molecular complexity index is 533. The van der Waals surface area contributed by atoms with Gasteiger partial charge in [0.1, 0.15) is 5.69 Å². The summed E-state index contributed by atoms with van der Waals surface area (Å²) in [5, 5.41) is 24.3. The molecule has 8 nitrogen and oxygen atoms in total. The summed E-state index contributed by atoms with van der Waals surface area (Å²) in [6.07, 6.45) is -0.0655. The number of anilines is 1. The molecule has 0 bridgehead atoms. The predicted octanol–water partition coefficient (Wildman–Crippen LogP) is 0.619. The molecule has 1 fully saturated rings. The molecule has 1 aromatic rings. The van der Waals surface area contributed by atoms with Crippen molar-refractivity contribution in [2.45, 2.75) is 19.4 Å². The summed E-state index contributed by atoms with van der Waals surface area (Å²) in [4.78, 5) is 12.6. The largest absolute Gasteiger partial charge is 0.360 e. The molecule has 0 radical (unpaired) electrons. The van der Waals surface area contributed by atoms with Crippen LogP contribution in [0.5, 0.6) is 0 Å². The maximum absolute atomic E-state index is 11.2. The molecule has 1 aromatic heterocycles. The van der Waals surface area contributed by atoms with Crippen molar-refractivity contribution in [3.63, 3.8) is 0 Å². The first kappa shape index (κ1) is 13.3. The molecule has 0 amide bonds. The van der Waals surface area contributed by atoms with Crippen molar-refractivity contribution in [1.82, 2.24) is 9.78 Å². The molecule has 19 heavy (non-hydrogen) atoms. The van der Waals surface area contributed by atoms with Crippen molar-refractivity contribution in [2.75, 3.05) is 24.6 Å². The van der Waals surface area contributed by atoms with Crippen LogP contribution < -0.4 is 4.90 Å². The van der Waals surface area contributed by atoms with Gasteiger partial charge in [0.15, 0.2) is 6.10 Å². The fraction of sp³-hybridized carbons (Fsp3) is 0.636. The molecule has 0 saturated carbocycles. The normalized spacial score (nSPS) is 19.2. The molecule has 0 aromatic carbocycles. The van der Waals surface area contributed by atoms with Gasteiger partial charge in [-0.1, -0.05) is 6.92 Å². The van der Waals surface area contributed by atoms with Crippen LogP contribution in [0, 0.1) is 21.4 Å². The molecular formula is C11H15N5O3. The van der Waals surface area contributed by atoms with E-state index in [2.05, 4.69) is 5.10 Å². The third-order valence-corrected chi connectivity index (χ3v) is 3.09. The van der Waals surface area contributed by atoms with Crippen molar-refractivity contribution >= 4 is 11.5 Å². The molecule has 8 heteroatoms. The number of ether oxygens (including phenoxy) is 1. The van der Waals surface area contributed by atoms with Crippen molar-refractivity contribution in [3.8, 4) is 6.07 Å². The molecule has 2 rings (SSSR count). The van der Waals surface area contributed by atoms with E-state index in [1.165, 1.54) is 4.68 Å². The van der Waals surface area contributed by atoms with E-state index in [1.807, 2.05) is 13.0 Å². The minimum absolute atomic E-state index is 0.0311. The zero-order valence-corrected chi connectivity index (χ0v) is 10.9. The Kier molecular flexibility index (Phi) is 3.66. The summed E-state index contributed by atoms with van der Waals surface area (Å²) >= 11 is 0. The maximum Gasteiger partial charge on any atom is 0.334 e. The van der Waals surface area contributed by atoms with Gasteiger partial charge in [0.25, 0.3) is 0 Å². The zero-order valence-electron chi connectivity index (χ0n) is 10.9. The number of hydrogen-bond donors (Lipinski definition) is 0. The van der Waals surface area contributed by atoms with Gasteiger partial charge in [-0.25, -0.2) is 4.68 Å². The lowest BCUT2D eigenvalue weighted by atomic mass is 10.2. The van der Waals surface area contributed by atoms with E-state index >= 15 is 0 Å². The highest BCUT2D eigenvalue weighted by Gasteiger charge is 2.32. The van der Waals surface area contributed by atoms with Crippen LogP contribution in [-0.2, 0) is 18.2 Å². The summed E-state index contributed by atoms with van der Waals surface area (Å²) in [6, 6.07) is 2.03. The minimum Gasteiger partial charge on any atom is -0.360 e. The third-order valence-electron chi connectivity index (χ3n) is 3.09. The highest BCUT2D eigenvalue weighted by molar-refractivity contribution is 5.62. The molecule has 0 aliphatic carbocycles. The molecule has 1 aliphatic rings. The fourth-order valence-electron chi connectivity index (χ4n) is 2.26. The topological polar surface area (TPSA) is 97.2 Å². The number of morpholine rings is 1. The van der Waals surface area contributed by atoms with Crippen LogP contribution in [0.2, 0.25) is 0 Å². The van der Waals surface area contributed by atoms with Crippen LogP contribution in [0.4, 0.5) is 11.5 Å². The monoisotopic (exact) mass is 265 g/mol. The Morgan fingerprint density at radius 2 is 2.42 bits per heavy atom. The molecule has 102 valence electrons. The molecule has 1 aliphatic heterocycles.